The third kappa shape index (κ3) is 4.64. The molecule has 0 radical (unpaired) electrons. The lowest BCUT2D eigenvalue weighted by atomic mass is 9.83. The van der Waals surface area contributed by atoms with E-state index in [4.69, 9.17) is 0 Å². The summed E-state index contributed by atoms with van der Waals surface area (Å²) in [5.74, 6) is -0.169. The van der Waals surface area contributed by atoms with Gasteiger partial charge in [0.15, 0.2) is 0 Å². The molecule has 10 heteroatoms. The van der Waals surface area contributed by atoms with Gasteiger partial charge in [-0.15, -0.1) is 0 Å². The van der Waals surface area contributed by atoms with Crippen LogP contribution in [0.4, 0.5) is 11.4 Å². The van der Waals surface area contributed by atoms with E-state index < -0.39 is 15.6 Å². The first-order valence-corrected chi connectivity index (χ1v) is 13.2. The summed E-state index contributed by atoms with van der Waals surface area (Å²) < 4.78 is 29.9. The van der Waals surface area contributed by atoms with Crippen molar-refractivity contribution in [3.8, 4) is 0 Å². The predicted octanol–water partition coefficient (Wildman–Crippen LogP) is 2.87. The number of hydrogen-bond donors (Lipinski definition) is 2. The van der Waals surface area contributed by atoms with Gasteiger partial charge < -0.3 is 14.8 Å². The highest BCUT2D eigenvalue weighted by Gasteiger charge is 2.37. The Kier molecular flexibility index (Phi) is 6.13. The minimum atomic E-state index is -4.01. The first-order valence-electron chi connectivity index (χ1n) is 11.7. The standard InChI is InChI=1S/C26H26N4O5S/c1-17(31)27-21-7-9-22(10-8-21)36(34,35)28-23-11-12-24-20-13-18(15-30(24)26(23)33)14-29(16-20)25(32)19-5-3-2-4-6-19/h2-12,18,20,28H,13-16H2,1H3,(H,27,31)/t18-,20-/m1/s1. The summed E-state index contributed by atoms with van der Waals surface area (Å²) in [6.07, 6.45) is 0.879. The number of nitrogens with one attached hydrogen (secondary N) is 2. The van der Waals surface area contributed by atoms with Crippen LogP contribution in [0.15, 0.2) is 76.4 Å². The van der Waals surface area contributed by atoms with E-state index in [9.17, 15) is 22.8 Å². The van der Waals surface area contributed by atoms with Crippen LogP contribution in [0.25, 0.3) is 0 Å². The monoisotopic (exact) mass is 506 g/mol. The number of benzene rings is 2. The maximum Gasteiger partial charge on any atom is 0.275 e. The zero-order valence-electron chi connectivity index (χ0n) is 19.7. The Balaban J connectivity index is 1.36. The van der Waals surface area contributed by atoms with Crippen LogP contribution >= 0.6 is 0 Å². The van der Waals surface area contributed by atoms with Crippen molar-refractivity contribution in [2.75, 3.05) is 23.1 Å². The lowest BCUT2D eigenvalue weighted by molar-refractivity contribution is -0.114. The fourth-order valence-electron chi connectivity index (χ4n) is 5.08. The summed E-state index contributed by atoms with van der Waals surface area (Å²) >= 11 is 0. The van der Waals surface area contributed by atoms with Gasteiger partial charge in [-0.2, -0.15) is 0 Å². The minimum Gasteiger partial charge on any atom is -0.338 e. The van der Waals surface area contributed by atoms with Crippen LogP contribution < -0.4 is 15.6 Å². The molecule has 5 rings (SSSR count). The average molecular weight is 507 g/mol. The molecular formula is C26H26N4O5S. The highest BCUT2D eigenvalue weighted by Crippen LogP contribution is 2.36. The number of sulfonamides is 1. The summed E-state index contributed by atoms with van der Waals surface area (Å²) in [7, 11) is -4.01. The summed E-state index contributed by atoms with van der Waals surface area (Å²) in [6.45, 7) is 2.84. The third-order valence-corrected chi connectivity index (χ3v) is 8.02. The minimum absolute atomic E-state index is 0.00448. The Morgan fingerprint density at radius 3 is 2.33 bits per heavy atom. The molecule has 0 unspecified atom stereocenters. The molecule has 0 spiro atoms. The number of carbonyl (C=O) groups is 2. The van der Waals surface area contributed by atoms with Gasteiger partial charge in [0.25, 0.3) is 21.5 Å². The molecule has 2 atom stereocenters. The number of rotatable bonds is 5. The molecule has 36 heavy (non-hydrogen) atoms. The molecule has 0 aliphatic carbocycles. The molecule has 1 saturated heterocycles. The van der Waals surface area contributed by atoms with E-state index in [0.29, 0.717) is 30.9 Å². The van der Waals surface area contributed by atoms with Gasteiger partial charge in [-0.25, -0.2) is 8.42 Å². The molecule has 2 aliphatic heterocycles. The Bertz CT molecular complexity index is 1480. The van der Waals surface area contributed by atoms with Gasteiger partial charge in [0.1, 0.15) is 5.69 Å². The largest absolute Gasteiger partial charge is 0.338 e. The normalized spacial score (nSPS) is 18.8. The summed E-state index contributed by atoms with van der Waals surface area (Å²) in [4.78, 5) is 39.3. The Hall–Kier alpha value is -3.92. The number of carbonyl (C=O) groups excluding carboxylic acids is 2. The van der Waals surface area contributed by atoms with Gasteiger partial charge in [0.2, 0.25) is 5.91 Å². The number of amides is 2. The summed E-state index contributed by atoms with van der Waals surface area (Å²) in [5.41, 5.74) is 1.50. The van der Waals surface area contributed by atoms with Crippen LogP contribution in [0.3, 0.4) is 0 Å². The number of fused-ring (bicyclic) bond motifs is 4. The fourth-order valence-corrected chi connectivity index (χ4v) is 6.13. The first-order chi connectivity index (χ1) is 17.2. The van der Waals surface area contributed by atoms with Crippen molar-refractivity contribution in [3.05, 3.63) is 88.3 Å². The van der Waals surface area contributed by atoms with E-state index in [1.807, 2.05) is 23.1 Å². The van der Waals surface area contributed by atoms with Crippen LogP contribution in [0, 0.1) is 5.92 Å². The van der Waals surface area contributed by atoms with Crippen molar-refractivity contribution in [2.45, 2.75) is 30.7 Å². The molecule has 2 amide bonds. The Morgan fingerprint density at radius 1 is 0.917 bits per heavy atom. The fraction of sp³-hybridized carbons (Fsp3) is 0.269. The number of likely N-dealkylation sites (tertiary alicyclic amines) is 1. The molecule has 186 valence electrons. The van der Waals surface area contributed by atoms with Crippen molar-refractivity contribution in [1.29, 1.82) is 0 Å². The zero-order chi connectivity index (χ0) is 25.4. The molecule has 9 nitrogen and oxygen atoms in total. The lowest BCUT2D eigenvalue weighted by Crippen LogP contribution is -2.49. The maximum atomic E-state index is 13.3. The van der Waals surface area contributed by atoms with Crippen LogP contribution in [-0.2, 0) is 21.4 Å². The van der Waals surface area contributed by atoms with E-state index in [1.54, 1.807) is 22.8 Å². The second-order valence-corrected chi connectivity index (χ2v) is 11.0. The second-order valence-electron chi connectivity index (χ2n) is 9.27. The SMILES string of the molecule is CC(=O)Nc1ccc(S(=O)(=O)Nc2ccc3n(c2=O)C[C@@H]2C[C@@H]3CN(C(=O)c3ccccc3)C2)cc1. The summed E-state index contributed by atoms with van der Waals surface area (Å²) in [6, 6.07) is 18.1. The molecule has 3 aromatic rings. The molecule has 3 heterocycles. The molecule has 2 N–H and O–H groups in total. The van der Waals surface area contributed by atoms with Gasteiger partial charge in [0, 0.05) is 49.4 Å². The number of anilines is 2. The van der Waals surface area contributed by atoms with E-state index >= 15 is 0 Å². The van der Waals surface area contributed by atoms with Crippen LogP contribution in [0.1, 0.15) is 35.3 Å². The number of piperidine rings is 1. The predicted molar refractivity (Wildman–Crippen MR) is 135 cm³/mol. The van der Waals surface area contributed by atoms with Crippen LogP contribution in [0.5, 0.6) is 0 Å². The van der Waals surface area contributed by atoms with Gasteiger partial charge in [-0.05, 0) is 60.9 Å². The van der Waals surface area contributed by atoms with Crippen molar-refractivity contribution >= 4 is 33.2 Å². The maximum absolute atomic E-state index is 13.3. The van der Waals surface area contributed by atoms with Gasteiger partial charge in [-0.1, -0.05) is 18.2 Å². The van der Waals surface area contributed by atoms with E-state index in [0.717, 1.165) is 12.1 Å². The second kappa shape index (κ2) is 9.27. The van der Waals surface area contributed by atoms with Crippen molar-refractivity contribution < 1.29 is 18.0 Å². The number of pyridine rings is 1. The van der Waals surface area contributed by atoms with E-state index in [1.165, 1.54) is 37.3 Å². The van der Waals surface area contributed by atoms with Crippen molar-refractivity contribution in [2.24, 2.45) is 5.92 Å². The Morgan fingerprint density at radius 2 is 1.64 bits per heavy atom. The number of hydrogen-bond acceptors (Lipinski definition) is 5. The molecular weight excluding hydrogens is 480 g/mol. The van der Waals surface area contributed by atoms with Crippen molar-refractivity contribution in [3.63, 3.8) is 0 Å². The number of nitrogens with zero attached hydrogens (tertiary/aromatic N) is 2. The lowest BCUT2D eigenvalue weighted by Gasteiger charge is -2.43. The first kappa shape index (κ1) is 23.8. The summed E-state index contributed by atoms with van der Waals surface area (Å²) in [5, 5.41) is 2.58. The highest BCUT2D eigenvalue weighted by atomic mass is 32.2. The molecule has 1 fully saturated rings. The number of aromatic nitrogens is 1. The van der Waals surface area contributed by atoms with Crippen LogP contribution in [0.2, 0.25) is 0 Å². The smallest absolute Gasteiger partial charge is 0.275 e. The van der Waals surface area contributed by atoms with Crippen molar-refractivity contribution in [1.82, 2.24) is 9.47 Å². The molecule has 2 aromatic carbocycles. The Labute approximate surface area is 208 Å². The third-order valence-electron chi connectivity index (χ3n) is 6.64. The van der Waals surface area contributed by atoms with E-state index in [2.05, 4.69) is 10.0 Å². The molecule has 0 saturated carbocycles. The molecule has 1 aromatic heterocycles. The zero-order valence-corrected chi connectivity index (χ0v) is 20.5. The highest BCUT2D eigenvalue weighted by molar-refractivity contribution is 7.92. The van der Waals surface area contributed by atoms with Gasteiger partial charge >= 0.3 is 0 Å². The average Bonchev–Trinajstić information content (AvgIpc) is 2.86. The van der Waals surface area contributed by atoms with Gasteiger partial charge in [-0.3, -0.25) is 19.1 Å². The van der Waals surface area contributed by atoms with E-state index in [-0.39, 0.29) is 34.2 Å². The van der Waals surface area contributed by atoms with Gasteiger partial charge in [0.05, 0.1) is 4.90 Å². The van der Waals surface area contributed by atoms with Crippen LogP contribution in [-0.4, -0.2) is 42.8 Å². The molecule has 2 bridgehead atoms. The molecule has 2 aliphatic rings. The quantitative estimate of drug-likeness (QED) is 0.552. The topological polar surface area (TPSA) is 118 Å².